The summed E-state index contributed by atoms with van der Waals surface area (Å²) in [5.41, 5.74) is 0. The molecule has 2 aliphatic heterocycles. The molecule has 3 fully saturated rings. The molecule has 4 atom stereocenters. The van der Waals surface area contributed by atoms with E-state index in [0.717, 1.165) is 23.8 Å². The number of likely N-dealkylation sites (tertiary alicyclic amines) is 1. The van der Waals surface area contributed by atoms with Crippen molar-refractivity contribution >= 4 is 0 Å². The Morgan fingerprint density at radius 2 is 2.21 bits per heavy atom. The van der Waals surface area contributed by atoms with Crippen LogP contribution in [-0.2, 0) is 0 Å². The maximum Gasteiger partial charge on any atom is 0.00987 e. The summed E-state index contributed by atoms with van der Waals surface area (Å²) in [6.45, 7) is 7.68. The minimum absolute atomic E-state index is 0.897. The van der Waals surface area contributed by atoms with E-state index < -0.39 is 0 Å². The second-order valence-electron chi connectivity index (χ2n) is 5.68. The molecule has 2 nitrogen and oxygen atoms in total. The molecule has 1 N–H and O–H groups in total. The van der Waals surface area contributed by atoms with Crippen molar-refractivity contribution < 1.29 is 0 Å². The number of hydrogen-bond acceptors (Lipinski definition) is 2. The Bertz CT molecular complexity index is 216. The molecule has 80 valence electrons. The van der Waals surface area contributed by atoms with Gasteiger partial charge in [-0.15, -0.1) is 0 Å². The van der Waals surface area contributed by atoms with E-state index in [1.807, 2.05) is 0 Å². The van der Waals surface area contributed by atoms with Gasteiger partial charge in [-0.05, 0) is 50.1 Å². The molecule has 3 rings (SSSR count). The number of nitrogens with one attached hydrogen (secondary N) is 1. The van der Waals surface area contributed by atoms with Gasteiger partial charge in [0.1, 0.15) is 0 Å². The van der Waals surface area contributed by atoms with Crippen molar-refractivity contribution in [2.45, 2.75) is 32.2 Å². The highest BCUT2D eigenvalue weighted by atomic mass is 15.2. The molecule has 2 bridgehead atoms. The zero-order chi connectivity index (χ0) is 9.54. The largest absolute Gasteiger partial charge is 0.316 e. The SMILES string of the molecule is CC1CNCC1CN1CC2CCC1C2. The second kappa shape index (κ2) is 3.49. The molecule has 0 amide bonds. The van der Waals surface area contributed by atoms with Crippen LogP contribution in [0.5, 0.6) is 0 Å². The van der Waals surface area contributed by atoms with Gasteiger partial charge in [0, 0.05) is 19.1 Å². The van der Waals surface area contributed by atoms with Crippen LogP contribution >= 0.6 is 0 Å². The van der Waals surface area contributed by atoms with E-state index in [9.17, 15) is 0 Å². The zero-order valence-corrected chi connectivity index (χ0v) is 9.21. The highest BCUT2D eigenvalue weighted by Gasteiger charge is 2.39. The molecule has 0 spiro atoms. The molecular formula is C12H22N2. The smallest absolute Gasteiger partial charge is 0.00987 e. The molecule has 0 aromatic heterocycles. The van der Waals surface area contributed by atoms with Gasteiger partial charge in [0.15, 0.2) is 0 Å². The van der Waals surface area contributed by atoms with Crippen LogP contribution in [0.2, 0.25) is 0 Å². The first-order valence-electron chi connectivity index (χ1n) is 6.27. The molecule has 2 heterocycles. The Morgan fingerprint density at radius 3 is 2.79 bits per heavy atom. The predicted molar refractivity (Wildman–Crippen MR) is 58.2 cm³/mol. The number of rotatable bonds is 2. The maximum absolute atomic E-state index is 3.51. The van der Waals surface area contributed by atoms with E-state index in [1.165, 1.54) is 45.4 Å². The van der Waals surface area contributed by atoms with Gasteiger partial charge >= 0.3 is 0 Å². The first-order chi connectivity index (χ1) is 6.83. The standard InChI is InChI=1S/C12H22N2/c1-9-5-13-6-11(9)8-14-7-10-2-3-12(14)4-10/h9-13H,2-8H2,1H3. The summed E-state index contributed by atoms with van der Waals surface area (Å²) in [6.07, 6.45) is 4.51. The monoisotopic (exact) mass is 194 g/mol. The van der Waals surface area contributed by atoms with Gasteiger partial charge in [-0.2, -0.15) is 0 Å². The first-order valence-corrected chi connectivity index (χ1v) is 6.27. The van der Waals surface area contributed by atoms with E-state index in [2.05, 4.69) is 17.1 Å². The van der Waals surface area contributed by atoms with Crippen LogP contribution in [0.3, 0.4) is 0 Å². The minimum atomic E-state index is 0.897. The minimum Gasteiger partial charge on any atom is -0.316 e. The highest BCUT2D eigenvalue weighted by molar-refractivity contribution is 4.94. The van der Waals surface area contributed by atoms with E-state index in [4.69, 9.17) is 0 Å². The Balaban J connectivity index is 1.57. The van der Waals surface area contributed by atoms with Crippen molar-refractivity contribution in [2.75, 3.05) is 26.2 Å². The van der Waals surface area contributed by atoms with Crippen LogP contribution in [-0.4, -0.2) is 37.1 Å². The van der Waals surface area contributed by atoms with E-state index in [0.29, 0.717) is 0 Å². The lowest BCUT2D eigenvalue weighted by Crippen LogP contribution is -2.37. The third kappa shape index (κ3) is 1.49. The Hall–Kier alpha value is -0.0800. The summed E-state index contributed by atoms with van der Waals surface area (Å²) in [5, 5.41) is 3.51. The van der Waals surface area contributed by atoms with Gasteiger partial charge in [0.05, 0.1) is 0 Å². The molecule has 3 aliphatic rings. The van der Waals surface area contributed by atoms with Crippen LogP contribution in [0, 0.1) is 17.8 Å². The van der Waals surface area contributed by atoms with Gasteiger partial charge < -0.3 is 5.32 Å². The number of fused-ring (bicyclic) bond motifs is 2. The van der Waals surface area contributed by atoms with Crippen LogP contribution in [0.25, 0.3) is 0 Å². The molecule has 4 unspecified atom stereocenters. The fraction of sp³-hybridized carbons (Fsp3) is 1.00. The average Bonchev–Trinajstić information content (AvgIpc) is 2.83. The van der Waals surface area contributed by atoms with Crippen LogP contribution in [0.4, 0.5) is 0 Å². The fourth-order valence-electron chi connectivity index (χ4n) is 3.66. The number of piperidine rings is 1. The van der Waals surface area contributed by atoms with Gasteiger partial charge in [-0.3, -0.25) is 4.90 Å². The fourth-order valence-corrected chi connectivity index (χ4v) is 3.66. The lowest BCUT2D eigenvalue weighted by atomic mass is 9.96. The Kier molecular flexibility index (Phi) is 2.29. The highest BCUT2D eigenvalue weighted by Crippen LogP contribution is 2.38. The average molecular weight is 194 g/mol. The van der Waals surface area contributed by atoms with E-state index >= 15 is 0 Å². The van der Waals surface area contributed by atoms with Crippen molar-refractivity contribution in [1.82, 2.24) is 10.2 Å². The normalized spacial score (nSPS) is 47.8. The maximum atomic E-state index is 3.51. The van der Waals surface area contributed by atoms with Gasteiger partial charge in [0.25, 0.3) is 0 Å². The molecule has 0 aromatic carbocycles. The van der Waals surface area contributed by atoms with Crippen molar-refractivity contribution in [3.63, 3.8) is 0 Å². The third-order valence-electron chi connectivity index (χ3n) is 4.67. The number of hydrogen-bond donors (Lipinski definition) is 1. The van der Waals surface area contributed by atoms with Gasteiger partial charge in [0.2, 0.25) is 0 Å². The summed E-state index contributed by atoms with van der Waals surface area (Å²) in [4.78, 5) is 2.78. The van der Waals surface area contributed by atoms with E-state index in [1.54, 1.807) is 0 Å². The van der Waals surface area contributed by atoms with Crippen molar-refractivity contribution in [3.05, 3.63) is 0 Å². The second-order valence-corrected chi connectivity index (χ2v) is 5.68. The molecular weight excluding hydrogens is 172 g/mol. The van der Waals surface area contributed by atoms with Crippen molar-refractivity contribution in [2.24, 2.45) is 17.8 Å². The predicted octanol–water partition coefficient (Wildman–Crippen LogP) is 1.33. The Labute approximate surface area is 87.0 Å². The van der Waals surface area contributed by atoms with Crippen LogP contribution in [0.1, 0.15) is 26.2 Å². The summed E-state index contributed by atoms with van der Waals surface area (Å²) in [7, 11) is 0. The quantitative estimate of drug-likeness (QED) is 0.713. The summed E-state index contributed by atoms with van der Waals surface area (Å²) < 4.78 is 0. The van der Waals surface area contributed by atoms with Gasteiger partial charge in [-0.1, -0.05) is 6.92 Å². The Morgan fingerprint density at radius 1 is 1.29 bits per heavy atom. The van der Waals surface area contributed by atoms with Crippen molar-refractivity contribution in [3.8, 4) is 0 Å². The third-order valence-corrected chi connectivity index (χ3v) is 4.67. The van der Waals surface area contributed by atoms with Crippen molar-refractivity contribution in [1.29, 1.82) is 0 Å². The topological polar surface area (TPSA) is 15.3 Å². The lowest BCUT2D eigenvalue weighted by molar-refractivity contribution is 0.173. The molecule has 0 radical (unpaired) electrons. The molecule has 2 saturated heterocycles. The molecule has 2 heteroatoms. The van der Waals surface area contributed by atoms with Crippen LogP contribution in [0.15, 0.2) is 0 Å². The first kappa shape index (κ1) is 9.17. The molecule has 0 aromatic rings. The number of nitrogens with zero attached hydrogens (tertiary/aromatic N) is 1. The lowest BCUT2D eigenvalue weighted by Gasteiger charge is -2.30. The van der Waals surface area contributed by atoms with Crippen LogP contribution < -0.4 is 5.32 Å². The summed E-state index contributed by atoms with van der Waals surface area (Å²) in [5.74, 6) is 2.88. The van der Waals surface area contributed by atoms with E-state index in [-0.39, 0.29) is 0 Å². The molecule has 1 saturated carbocycles. The zero-order valence-electron chi connectivity index (χ0n) is 9.21. The molecule has 14 heavy (non-hydrogen) atoms. The summed E-state index contributed by atoms with van der Waals surface area (Å²) in [6, 6.07) is 0.966. The summed E-state index contributed by atoms with van der Waals surface area (Å²) >= 11 is 0. The molecule has 1 aliphatic carbocycles. The van der Waals surface area contributed by atoms with Gasteiger partial charge in [-0.25, -0.2) is 0 Å².